The molecule has 102 valence electrons. The summed E-state index contributed by atoms with van der Waals surface area (Å²) in [7, 11) is 0. The number of nitrogens with one attached hydrogen (secondary N) is 2. The van der Waals surface area contributed by atoms with Gasteiger partial charge in [-0.3, -0.25) is 5.10 Å². The number of fused-ring (bicyclic) bond motifs is 1. The molecule has 4 N–H and O–H groups in total. The minimum absolute atomic E-state index is 0.246. The van der Waals surface area contributed by atoms with Crippen molar-refractivity contribution >= 4 is 17.0 Å². The van der Waals surface area contributed by atoms with Crippen LogP contribution in [0, 0.1) is 0 Å². The molecule has 7 nitrogen and oxygen atoms in total. The Hall–Kier alpha value is -3.22. The molecule has 0 saturated carbocycles. The largest absolute Gasteiger partial charge is 0.368 e. The lowest BCUT2D eigenvalue weighted by molar-refractivity contribution is 1.09. The Morgan fingerprint density at radius 3 is 2.71 bits per heavy atom. The first-order valence-electron chi connectivity index (χ1n) is 6.37. The lowest BCUT2D eigenvalue weighted by Gasteiger charge is -2.04. The van der Waals surface area contributed by atoms with Crippen molar-refractivity contribution in [1.82, 2.24) is 30.1 Å². The summed E-state index contributed by atoms with van der Waals surface area (Å²) in [5, 5.41) is 7.82. The summed E-state index contributed by atoms with van der Waals surface area (Å²) in [4.78, 5) is 15.7. The predicted molar refractivity (Wildman–Crippen MR) is 79.1 cm³/mol. The van der Waals surface area contributed by atoms with Crippen LogP contribution in [0.25, 0.3) is 33.4 Å². The van der Waals surface area contributed by atoms with Crippen molar-refractivity contribution in [2.45, 2.75) is 0 Å². The number of nitrogen functional groups attached to an aromatic ring is 1. The molecular formula is C14H11N7. The predicted octanol–water partition coefficient (Wildman–Crippen LogP) is 1.99. The minimum Gasteiger partial charge on any atom is -0.368 e. The highest BCUT2D eigenvalue weighted by atomic mass is 15.1. The zero-order valence-corrected chi connectivity index (χ0v) is 10.9. The van der Waals surface area contributed by atoms with Gasteiger partial charge in [0.25, 0.3) is 0 Å². The standard InChI is InChI=1S/C14H11N7/c15-14-17-4-2-11(21-14)10-7-18-13-12(10)9(1-3-16-13)8-5-19-20-6-8/h1-7H,(H,16,18)(H,19,20)(H2,15,17,21). The molecule has 0 saturated heterocycles. The molecule has 0 unspecified atom stereocenters. The monoisotopic (exact) mass is 277 g/mol. The molecule has 0 aliphatic rings. The summed E-state index contributed by atoms with van der Waals surface area (Å²) >= 11 is 0. The second kappa shape index (κ2) is 4.41. The van der Waals surface area contributed by atoms with E-state index in [-0.39, 0.29) is 5.95 Å². The van der Waals surface area contributed by atoms with Crippen LogP contribution in [0.5, 0.6) is 0 Å². The molecule has 0 spiro atoms. The van der Waals surface area contributed by atoms with Gasteiger partial charge in [-0.05, 0) is 17.7 Å². The van der Waals surface area contributed by atoms with Gasteiger partial charge in [0.05, 0.1) is 11.9 Å². The van der Waals surface area contributed by atoms with E-state index in [1.165, 1.54) is 0 Å². The van der Waals surface area contributed by atoms with E-state index >= 15 is 0 Å². The normalized spacial score (nSPS) is 11.0. The lowest BCUT2D eigenvalue weighted by atomic mass is 10.0. The Balaban J connectivity index is 2.03. The second-order valence-electron chi connectivity index (χ2n) is 4.57. The Kier molecular flexibility index (Phi) is 2.43. The number of H-pyrrole nitrogens is 2. The summed E-state index contributed by atoms with van der Waals surface area (Å²) in [6.07, 6.45) is 8.91. The SMILES string of the molecule is Nc1nccc(-c2c[nH]c3nccc(-c4cn[nH]c4)c23)n1. The second-order valence-corrected chi connectivity index (χ2v) is 4.57. The number of hydrogen-bond acceptors (Lipinski definition) is 5. The molecule has 0 aliphatic heterocycles. The summed E-state index contributed by atoms with van der Waals surface area (Å²) in [5.74, 6) is 0.246. The van der Waals surface area contributed by atoms with Crippen LogP contribution in [0.3, 0.4) is 0 Å². The fourth-order valence-corrected chi connectivity index (χ4v) is 2.42. The lowest BCUT2D eigenvalue weighted by Crippen LogP contribution is -1.95. The number of rotatable bonds is 2. The van der Waals surface area contributed by atoms with Crippen molar-refractivity contribution < 1.29 is 0 Å². The molecule has 0 radical (unpaired) electrons. The van der Waals surface area contributed by atoms with E-state index in [0.29, 0.717) is 0 Å². The topological polar surface area (TPSA) is 109 Å². The number of anilines is 1. The molecule has 4 aromatic rings. The van der Waals surface area contributed by atoms with E-state index < -0.39 is 0 Å². The molecule has 0 amide bonds. The average Bonchev–Trinajstić information content (AvgIpc) is 3.16. The summed E-state index contributed by atoms with van der Waals surface area (Å²) in [6.45, 7) is 0. The van der Waals surface area contributed by atoms with E-state index in [4.69, 9.17) is 5.73 Å². The highest BCUT2D eigenvalue weighted by Crippen LogP contribution is 2.34. The van der Waals surface area contributed by atoms with Crippen LogP contribution in [0.15, 0.2) is 43.1 Å². The molecule has 4 heterocycles. The maximum absolute atomic E-state index is 5.68. The summed E-state index contributed by atoms with van der Waals surface area (Å²) < 4.78 is 0. The maximum Gasteiger partial charge on any atom is 0.220 e. The van der Waals surface area contributed by atoms with Crippen LogP contribution in [0.2, 0.25) is 0 Å². The number of nitrogens with zero attached hydrogens (tertiary/aromatic N) is 4. The fourth-order valence-electron chi connectivity index (χ4n) is 2.42. The van der Waals surface area contributed by atoms with Gasteiger partial charge in [0, 0.05) is 41.3 Å². The van der Waals surface area contributed by atoms with Crippen LogP contribution >= 0.6 is 0 Å². The van der Waals surface area contributed by atoms with Crippen LogP contribution in [-0.2, 0) is 0 Å². The first-order chi connectivity index (χ1) is 10.3. The zero-order valence-electron chi connectivity index (χ0n) is 10.9. The van der Waals surface area contributed by atoms with Crippen LogP contribution in [-0.4, -0.2) is 30.1 Å². The molecule has 4 aromatic heterocycles. The Bertz CT molecular complexity index is 908. The van der Waals surface area contributed by atoms with E-state index in [2.05, 4.69) is 30.1 Å². The van der Waals surface area contributed by atoms with Crippen LogP contribution in [0.1, 0.15) is 0 Å². The van der Waals surface area contributed by atoms with Gasteiger partial charge in [0.2, 0.25) is 5.95 Å². The number of aromatic nitrogens is 6. The van der Waals surface area contributed by atoms with E-state index in [9.17, 15) is 0 Å². The van der Waals surface area contributed by atoms with Crippen molar-refractivity contribution in [3.8, 4) is 22.4 Å². The molecule has 7 heteroatoms. The summed E-state index contributed by atoms with van der Waals surface area (Å²) in [6, 6.07) is 3.78. The van der Waals surface area contributed by atoms with Gasteiger partial charge in [-0.25, -0.2) is 15.0 Å². The molecule has 0 atom stereocenters. The first-order valence-corrected chi connectivity index (χ1v) is 6.37. The zero-order chi connectivity index (χ0) is 14.2. The van der Waals surface area contributed by atoms with Gasteiger partial charge in [0.15, 0.2) is 0 Å². The van der Waals surface area contributed by atoms with Crippen LogP contribution in [0.4, 0.5) is 5.95 Å². The molecule has 0 fully saturated rings. The molecule has 0 bridgehead atoms. The first kappa shape index (κ1) is 11.6. The number of pyridine rings is 1. The average molecular weight is 277 g/mol. The van der Waals surface area contributed by atoms with Gasteiger partial charge in [-0.2, -0.15) is 5.10 Å². The Morgan fingerprint density at radius 1 is 1.00 bits per heavy atom. The van der Waals surface area contributed by atoms with Gasteiger partial charge in [0.1, 0.15) is 5.65 Å². The van der Waals surface area contributed by atoms with E-state index in [0.717, 1.165) is 33.4 Å². The van der Waals surface area contributed by atoms with Crippen LogP contribution < -0.4 is 5.73 Å². The van der Waals surface area contributed by atoms with Gasteiger partial charge >= 0.3 is 0 Å². The molecule has 4 rings (SSSR count). The molecule has 0 aliphatic carbocycles. The number of nitrogens with two attached hydrogens (primary N) is 1. The van der Waals surface area contributed by atoms with Gasteiger partial charge in [-0.15, -0.1) is 0 Å². The fraction of sp³-hybridized carbons (Fsp3) is 0. The quantitative estimate of drug-likeness (QED) is 0.519. The molecular weight excluding hydrogens is 266 g/mol. The minimum atomic E-state index is 0.246. The van der Waals surface area contributed by atoms with E-state index in [1.807, 2.05) is 24.5 Å². The van der Waals surface area contributed by atoms with Crippen molar-refractivity contribution in [3.63, 3.8) is 0 Å². The highest BCUT2D eigenvalue weighted by molar-refractivity contribution is 6.03. The molecule has 21 heavy (non-hydrogen) atoms. The molecule has 0 aromatic carbocycles. The number of aromatic amines is 2. The third-order valence-electron chi connectivity index (χ3n) is 3.33. The smallest absolute Gasteiger partial charge is 0.220 e. The van der Waals surface area contributed by atoms with Crippen molar-refractivity contribution in [1.29, 1.82) is 0 Å². The maximum atomic E-state index is 5.68. The number of hydrogen-bond donors (Lipinski definition) is 3. The van der Waals surface area contributed by atoms with Crippen molar-refractivity contribution in [3.05, 3.63) is 43.1 Å². The van der Waals surface area contributed by atoms with Crippen molar-refractivity contribution in [2.24, 2.45) is 0 Å². The third kappa shape index (κ3) is 1.83. The summed E-state index contributed by atoms with van der Waals surface area (Å²) in [5.41, 5.74) is 10.2. The van der Waals surface area contributed by atoms with Gasteiger partial charge in [-0.1, -0.05) is 0 Å². The highest BCUT2D eigenvalue weighted by Gasteiger charge is 2.14. The third-order valence-corrected chi connectivity index (χ3v) is 3.33. The van der Waals surface area contributed by atoms with Gasteiger partial charge < -0.3 is 10.7 Å². The Labute approximate surface area is 119 Å². The Morgan fingerprint density at radius 2 is 1.90 bits per heavy atom. The van der Waals surface area contributed by atoms with E-state index in [1.54, 1.807) is 18.6 Å². The van der Waals surface area contributed by atoms with Crippen molar-refractivity contribution in [2.75, 3.05) is 5.73 Å².